The number of halogens is 1. The molecule has 6 rings (SSSR count). The smallest absolute Gasteiger partial charge is 0.305 e. The number of benzene rings is 3. The molecule has 2 aliphatic rings. The number of thioether (sulfide) groups is 1. The molecule has 3 atom stereocenters. The number of imide groups is 1. The summed E-state index contributed by atoms with van der Waals surface area (Å²) >= 11 is 8.49. The minimum Gasteiger partial charge on any atom is -0.483 e. The highest BCUT2D eigenvalue weighted by molar-refractivity contribution is 8.00. The topological polar surface area (TPSA) is 169 Å². The molecule has 4 aromatic rings. The van der Waals surface area contributed by atoms with E-state index in [1.807, 2.05) is 0 Å². The van der Waals surface area contributed by atoms with Crippen LogP contribution in [0.25, 0.3) is 0 Å². The Balaban J connectivity index is 1.31. The van der Waals surface area contributed by atoms with Crippen molar-refractivity contribution < 1.29 is 27.5 Å². The van der Waals surface area contributed by atoms with Gasteiger partial charge in [0, 0.05) is 27.1 Å². The Morgan fingerprint density at radius 1 is 1.02 bits per heavy atom. The molecule has 1 aromatic heterocycles. The monoisotopic (exact) mass is 656 g/mol. The second-order valence-electron chi connectivity index (χ2n) is 9.69. The zero-order valence-electron chi connectivity index (χ0n) is 21.9. The number of aromatic amines is 1. The van der Waals surface area contributed by atoms with Crippen molar-refractivity contribution in [2.75, 3.05) is 16.8 Å². The fraction of sp³-hybridized carbons (Fsp3) is 0.143. The number of nitrogens with two attached hydrogens (primary N) is 1. The first-order chi connectivity index (χ1) is 20.5. The third-order valence-corrected chi connectivity index (χ3v) is 10.5. The minimum absolute atomic E-state index is 0.103. The number of rotatable bonds is 7. The highest BCUT2D eigenvalue weighted by Gasteiger charge is 2.56. The first-order valence-corrected chi connectivity index (χ1v) is 16.3. The molecular formula is C28H21ClN4O7S3. The van der Waals surface area contributed by atoms with E-state index in [1.54, 1.807) is 48.5 Å². The maximum atomic E-state index is 13.9. The Bertz CT molecular complexity index is 1930. The molecule has 1 saturated heterocycles. The SMILES string of the molecule is NS(=O)(=O)c1ccc(NC(=O)COc2ccc(Cl)cc2[C@H]2c3sc(=O)[nH]c3SC3C(=O)N(c4ccccc4)C(=O)C32)cc1. The molecule has 4 N–H and O–H groups in total. The van der Waals surface area contributed by atoms with E-state index < -0.39 is 51.4 Å². The number of hydrogen-bond acceptors (Lipinski definition) is 9. The van der Waals surface area contributed by atoms with Gasteiger partial charge in [0.05, 0.1) is 21.5 Å². The van der Waals surface area contributed by atoms with Crippen LogP contribution in [0.4, 0.5) is 11.4 Å². The fourth-order valence-corrected chi connectivity index (χ4v) is 8.35. The van der Waals surface area contributed by atoms with Crippen LogP contribution in [-0.4, -0.2) is 43.0 Å². The maximum absolute atomic E-state index is 13.9. The number of nitrogens with one attached hydrogen (secondary N) is 2. The molecule has 0 bridgehead atoms. The Hall–Kier alpha value is -3.95. The summed E-state index contributed by atoms with van der Waals surface area (Å²) in [7, 11) is -3.88. The standard InChI is InChI=1S/C28H21ClN4O7S3/c29-14-6-11-19(40-13-20(34)31-15-7-9-17(10-8-15)43(30,38)39)18(12-14)21-22-24(41-25-23(21)42-28(37)32-25)27(36)33(26(22)35)16-4-2-1-3-5-16/h1-12,21-22,24H,13H2,(H,31,34)(H,32,37)(H2,30,38,39)/t21-,22?,24?/m1/s1. The summed E-state index contributed by atoms with van der Waals surface area (Å²) in [5, 5.41) is 7.74. The first-order valence-electron chi connectivity index (χ1n) is 12.7. The van der Waals surface area contributed by atoms with Gasteiger partial charge in [0.25, 0.3) is 5.91 Å². The molecule has 2 aliphatic heterocycles. The van der Waals surface area contributed by atoms with E-state index >= 15 is 0 Å². The summed E-state index contributed by atoms with van der Waals surface area (Å²) in [6.07, 6.45) is 0. The lowest BCUT2D eigenvalue weighted by molar-refractivity contribution is -0.122. The van der Waals surface area contributed by atoms with E-state index in [0.717, 1.165) is 23.1 Å². The van der Waals surface area contributed by atoms with Gasteiger partial charge in [0.15, 0.2) is 6.61 Å². The Morgan fingerprint density at radius 3 is 2.44 bits per heavy atom. The van der Waals surface area contributed by atoms with Crippen molar-refractivity contribution in [3.63, 3.8) is 0 Å². The number of aromatic nitrogens is 1. The molecule has 0 saturated carbocycles. The van der Waals surface area contributed by atoms with Gasteiger partial charge in [0.1, 0.15) is 11.0 Å². The van der Waals surface area contributed by atoms with Crippen LogP contribution < -0.4 is 25.0 Å². The molecule has 1 fully saturated rings. The summed E-state index contributed by atoms with van der Waals surface area (Å²) in [5.41, 5.74) is 1.21. The number of nitrogens with zero attached hydrogens (tertiary/aromatic N) is 1. The normalized spacial score (nSPS) is 19.6. The van der Waals surface area contributed by atoms with Crippen LogP contribution in [0, 0.1) is 5.92 Å². The number of fused-ring (bicyclic) bond motifs is 2. The second-order valence-corrected chi connectivity index (χ2v) is 13.9. The fourth-order valence-electron chi connectivity index (χ4n) is 5.15. The van der Waals surface area contributed by atoms with Crippen LogP contribution in [0.3, 0.4) is 0 Å². The Morgan fingerprint density at radius 2 is 1.74 bits per heavy atom. The summed E-state index contributed by atoms with van der Waals surface area (Å²) in [4.78, 5) is 56.8. The van der Waals surface area contributed by atoms with Crippen LogP contribution in [-0.2, 0) is 24.4 Å². The van der Waals surface area contributed by atoms with E-state index in [0.29, 0.717) is 31.9 Å². The van der Waals surface area contributed by atoms with Gasteiger partial charge in [-0.05, 0) is 54.6 Å². The number of anilines is 2. The number of ether oxygens (including phenoxy) is 1. The number of hydrogen-bond donors (Lipinski definition) is 3. The summed E-state index contributed by atoms with van der Waals surface area (Å²) in [6, 6.07) is 18.7. The molecule has 3 amide bonds. The average Bonchev–Trinajstić information content (AvgIpc) is 3.46. The minimum atomic E-state index is -3.88. The van der Waals surface area contributed by atoms with E-state index in [2.05, 4.69) is 10.3 Å². The molecule has 11 nitrogen and oxygen atoms in total. The predicted octanol–water partition coefficient (Wildman–Crippen LogP) is 3.55. The van der Waals surface area contributed by atoms with Gasteiger partial charge in [-0.3, -0.25) is 19.2 Å². The van der Waals surface area contributed by atoms with Crippen LogP contribution >= 0.6 is 34.7 Å². The van der Waals surface area contributed by atoms with Crippen LogP contribution in [0.15, 0.2) is 87.5 Å². The number of sulfonamides is 1. The molecule has 0 radical (unpaired) electrons. The van der Waals surface area contributed by atoms with E-state index in [1.165, 1.54) is 29.2 Å². The van der Waals surface area contributed by atoms with Gasteiger partial charge < -0.3 is 15.0 Å². The van der Waals surface area contributed by atoms with E-state index in [4.69, 9.17) is 21.5 Å². The number of H-pyrrole nitrogens is 1. The molecule has 43 heavy (non-hydrogen) atoms. The van der Waals surface area contributed by atoms with Gasteiger partial charge in [-0.1, -0.05) is 52.9 Å². The van der Waals surface area contributed by atoms with Crippen molar-refractivity contribution in [1.82, 2.24) is 4.98 Å². The zero-order chi connectivity index (χ0) is 30.5. The Kier molecular flexibility index (Phi) is 7.64. The van der Waals surface area contributed by atoms with Gasteiger partial charge in [-0.15, -0.1) is 0 Å². The molecule has 2 unspecified atom stereocenters. The molecular weight excluding hydrogens is 636 g/mol. The van der Waals surface area contributed by atoms with Gasteiger partial charge >= 0.3 is 4.87 Å². The largest absolute Gasteiger partial charge is 0.483 e. The molecule has 15 heteroatoms. The number of amides is 3. The van der Waals surface area contributed by atoms with Gasteiger partial charge in [-0.25, -0.2) is 18.5 Å². The lowest BCUT2D eigenvalue weighted by Crippen LogP contribution is -2.32. The lowest BCUT2D eigenvalue weighted by atomic mass is 9.82. The number of thiazole rings is 1. The highest BCUT2D eigenvalue weighted by atomic mass is 35.5. The first kappa shape index (κ1) is 29.1. The molecule has 0 spiro atoms. The van der Waals surface area contributed by atoms with Crippen molar-refractivity contribution in [3.8, 4) is 5.75 Å². The lowest BCUT2D eigenvalue weighted by Gasteiger charge is -2.31. The van der Waals surface area contributed by atoms with E-state index in [-0.39, 0.29) is 15.5 Å². The number of carbonyl (C=O) groups excluding carboxylic acids is 3. The van der Waals surface area contributed by atoms with Crippen molar-refractivity contribution >= 4 is 73.8 Å². The number of para-hydroxylation sites is 1. The van der Waals surface area contributed by atoms with Crippen molar-refractivity contribution in [2.45, 2.75) is 21.1 Å². The number of primary sulfonamides is 1. The van der Waals surface area contributed by atoms with Crippen LogP contribution in [0.1, 0.15) is 16.4 Å². The van der Waals surface area contributed by atoms with E-state index in [9.17, 15) is 27.6 Å². The molecule has 3 aromatic carbocycles. The quantitative estimate of drug-likeness (QED) is 0.254. The van der Waals surface area contributed by atoms with Crippen molar-refractivity contribution in [3.05, 3.63) is 97.9 Å². The highest BCUT2D eigenvalue weighted by Crippen LogP contribution is 2.54. The Labute approximate surface area is 258 Å². The maximum Gasteiger partial charge on any atom is 0.305 e. The van der Waals surface area contributed by atoms with Crippen molar-refractivity contribution in [2.24, 2.45) is 11.1 Å². The third kappa shape index (κ3) is 5.59. The third-order valence-electron chi connectivity index (χ3n) is 6.97. The molecule has 0 aliphatic carbocycles. The predicted molar refractivity (Wildman–Crippen MR) is 162 cm³/mol. The summed E-state index contributed by atoms with van der Waals surface area (Å²) in [6.45, 7) is -0.444. The second kappa shape index (κ2) is 11.3. The summed E-state index contributed by atoms with van der Waals surface area (Å²) < 4.78 is 28.9. The molecule has 3 heterocycles. The zero-order valence-corrected chi connectivity index (χ0v) is 25.1. The van der Waals surface area contributed by atoms with Crippen LogP contribution in [0.5, 0.6) is 5.75 Å². The number of carbonyl (C=O) groups is 3. The van der Waals surface area contributed by atoms with Crippen LogP contribution in [0.2, 0.25) is 5.02 Å². The summed E-state index contributed by atoms with van der Waals surface area (Å²) in [5.74, 6) is -2.76. The molecule has 220 valence electrons. The average molecular weight is 657 g/mol. The van der Waals surface area contributed by atoms with Gasteiger partial charge in [-0.2, -0.15) is 0 Å². The van der Waals surface area contributed by atoms with Crippen molar-refractivity contribution in [1.29, 1.82) is 0 Å². The van der Waals surface area contributed by atoms with Gasteiger partial charge in [0.2, 0.25) is 21.8 Å².